The molecule has 2 unspecified atom stereocenters. The molecule has 2 atom stereocenters. The van der Waals surface area contributed by atoms with E-state index in [9.17, 15) is 19.1 Å². The molecule has 6 nitrogen and oxygen atoms in total. The Morgan fingerprint density at radius 2 is 2.00 bits per heavy atom. The molecule has 4 rings (SSSR count). The summed E-state index contributed by atoms with van der Waals surface area (Å²) in [6.07, 6.45) is 3.31. The highest BCUT2D eigenvalue weighted by atomic mass is 19.1. The zero-order valence-electron chi connectivity index (χ0n) is 14.4. The van der Waals surface area contributed by atoms with Crippen LogP contribution in [-0.2, 0) is 7.05 Å². The van der Waals surface area contributed by atoms with Gasteiger partial charge in [0.25, 0.3) is 0 Å². The van der Waals surface area contributed by atoms with Crippen LogP contribution in [0.15, 0.2) is 54.9 Å². The number of carboxylic acid groups (broad SMARTS) is 1. The fourth-order valence-corrected chi connectivity index (χ4v) is 3.59. The molecule has 0 amide bonds. The summed E-state index contributed by atoms with van der Waals surface area (Å²) >= 11 is 0. The number of rotatable bonds is 3. The maximum atomic E-state index is 14.0. The lowest BCUT2D eigenvalue weighted by Gasteiger charge is -2.34. The van der Waals surface area contributed by atoms with E-state index in [1.165, 1.54) is 0 Å². The van der Waals surface area contributed by atoms with Crippen molar-refractivity contribution in [3.05, 3.63) is 83.2 Å². The Labute approximate surface area is 154 Å². The fourth-order valence-electron chi connectivity index (χ4n) is 3.59. The maximum absolute atomic E-state index is 14.0. The number of carboxylic acids is 1. The van der Waals surface area contributed by atoms with Gasteiger partial charge >= 0.3 is 5.97 Å². The molecule has 136 valence electrons. The normalized spacial score (nSPS) is 18.7. The number of hydrogen-bond donors (Lipinski definition) is 2. The number of fused-ring (bicyclic) bond motifs is 1. The van der Waals surface area contributed by atoms with E-state index in [-0.39, 0.29) is 16.8 Å². The van der Waals surface area contributed by atoms with Crippen LogP contribution in [0.1, 0.15) is 44.1 Å². The lowest BCUT2D eigenvalue weighted by Crippen LogP contribution is -2.34. The molecule has 0 spiro atoms. The SMILES string of the molecule is Cn1ccnc1C1C(=O)c2c(cc(F)cc2C(=O)O)NC1c1ccccc1. The van der Waals surface area contributed by atoms with Crippen LogP contribution in [0.3, 0.4) is 0 Å². The van der Waals surface area contributed by atoms with E-state index in [0.717, 1.165) is 17.7 Å². The Balaban J connectivity index is 1.95. The summed E-state index contributed by atoms with van der Waals surface area (Å²) in [6.45, 7) is 0. The van der Waals surface area contributed by atoms with E-state index in [1.807, 2.05) is 30.3 Å². The monoisotopic (exact) mass is 365 g/mol. The highest BCUT2D eigenvalue weighted by molar-refractivity contribution is 6.14. The van der Waals surface area contributed by atoms with Crippen LogP contribution >= 0.6 is 0 Å². The summed E-state index contributed by atoms with van der Waals surface area (Å²) in [5.74, 6) is -2.70. The van der Waals surface area contributed by atoms with E-state index in [1.54, 1.807) is 24.0 Å². The quantitative estimate of drug-likeness (QED) is 0.743. The van der Waals surface area contributed by atoms with Crippen molar-refractivity contribution >= 4 is 17.4 Å². The molecule has 2 heterocycles. The first-order valence-corrected chi connectivity index (χ1v) is 8.37. The first kappa shape index (κ1) is 17.0. The summed E-state index contributed by atoms with van der Waals surface area (Å²) in [5.41, 5.74) is 0.625. The predicted molar refractivity (Wildman–Crippen MR) is 96.4 cm³/mol. The number of aromatic nitrogens is 2. The van der Waals surface area contributed by atoms with Gasteiger partial charge in [-0.25, -0.2) is 14.2 Å². The topological polar surface area (TPSA) is 84.2 Å². The Kier molecular flexibility index (Phi) is 3.99. The number of halogens is 1. The number of nitrogens with zero attached hydrogens (tertiary/aromatic N) is 2. The number of hydrogen-bond acceptors (Lipinski definition) is 4. The van der Waals surface area contributed by atoms with Crippen LogP contribution in [0.25, 0.3) is 0 Å². The van der Waals surface area contributed by atoms with Crippen LogP contribution in [-0.4, -0.2) is 26.4 Å². The number of ketones is 1. The Hall–Kier alpha value is -3.48. The van der Waals surface area contributed by atoms with Gasteiger partial charge in [-0.05, 0) is 17.7 Å². The zero-order chi connectivity index (χ0) is 19.1. The number of carbonyl (C=O) groups is 2. The molecule has 0 aliphatic carbocycles. The second-order valence-corrected chi connectivity index (χ2v) is 6.45. The molecule has 1 aliphatic rings. The lowest BCUT2D eigenvalue weighted by atomic mass is 9.80. The summed E-state index contributed by atoms with van der Waals surface area (Å²) < 4.78 is 15.7. The molecule has 1 aromatic heterocycles. The molecule has 2 N–H and O–H groups in total. The average Bonchev–Trinajstić information content (AvgIpc) is 3.06. The van der Waals surface area contributed by atoms with E-state index in [0.29, 0.717) is 5.82 Å². The van der Waals surface area contributed by atoms with Gasteiger partial charge in [0.2, 0.25) is 0 Å². The second-order valence-electron chi connectivity index (χ2n) is 6.45. The highest BCUT2D eigenvalue weighted by Crippen LogP contribution is 2.43. The number of imidazole rings is 1. The molecule has 7 heteroatoms. The Morgan fingerprint density at radius 3 is 2.63 bits per heavy atom. The van der Waals surface area contributed by atoms with Crippen molar-refractivity contribution in [1.29, 1.82) is 0 Å². The van der Waals surface area contributed by atoms with Gasteiger partial charge in [-0.2, -0.15) is 0 Å². The summed E-state index contributed by atoms with van der Waals surface area (Å²) in [5, 5.41) is 12.6. The van der Waals surface area contributed by atoms with Gasteiger partial charge in [0, 0.05) is 25.1 Å². The van der Waals surface area contributed by atoms with Crippen LogP contribution in [0, 0.1) is 5.82 Å². The Morgan fingerprint density at radius 1 is 1.26 bits per heavy atom. The van der Waals surface area contributed by atoms with Crippen LogP contribution < -0.4 is 5.32 Å². The molecule has 0 fully saturated rings. The molecular formula is C20H16FN3O3. The summed E-state index contributed by atoms with van der Waals surface area (Å²) in [4.78, 5) is 29.3. The van der Waals surface area contributed by atoms with Crippen molar-refractivity contribution in [3.8, 4) is 0 Å². The molecule has 0 radical (unpaired) electrons. The largest absolute Gasteiger partial charge is 0.478 e. The molecule has 0 saturated carbocycles. The number of carbonyl (C=O) groups excluding carboxylic acids is 1. The third-order valence-corrected chi connectivity index (χ3v) is 4.80. The van der Waals surface area contributed by atoms with Gasteiger partial charge in [0.15, 0.2) is 5.78 Å². The predicted octanol–water partition coefficient (Wildman–Crippen LogP) is 3.39. The Bertz CT molecular complexity index is 1050. The third kappa shape index (κ3) is 2.77. The summed E-state index contributed by atoms with van der Waals surface area (Å²) in [6, 6.07) is 10.8. The van der Waals surface area contributed by atoms with Gasteiger partial charge in [0.1, 0.15) is 17.6 Å². The zero-order valence-corrected chi connectivity index (χ0v) is 14.4. The molecule has 0 saturated heterocycles. The number of Topliss-reactive ketones (excluding diaryl/α,β-unsaturated/α-hetero) is 1. The van der Waals surface area contributed by atoms with Crippen molar-refractivity contribution in [2.24, 2.45) is 7.05 Å². The minimum absolute atomic E-state index is 0.0240. The second kappa shape index (κ2) is 6.35. The van der Waals surface area contributed by atoms with Crippen molar-refractivity contribution in [3.63, 3.8) is 0 Å². The van der Waals surface area contributed by atoms with Gasteiger partial charge in [-0.15, -0.1) is 0 Å². The number of aryl methyl sites for hydroxylation is 1. The number of nitrogens with one attached hydrogen (secondary N) is 1. The van der Waals surface area contributed by atoms with Gasteiger partial charge in [-0.1, -0.05) is 30.3 Å². The van der Waals surface area contributed by atoms with Crippen molar-refractivity contribution in [2.75, 3.05) is 5.32 Å². The maximum Gasteiger partial charge on any atom is 0.336 e. The molecular weight excluding hydrogens is 349 g/mol. The fraction of sp³-hybridized carbons (Fsp3) is 0.150. The standard InChI is InChI=1S/C20H16FN3O3/c1-24-8-7-22-19(24)16-17(11-5-3-2-4-6-11)23-14-10-12(21)9-13(20(26)27)15(14)18(16)25/h2-10,16-17,23H,1H3,(H,26,27). The van der Waals surface area contributed by atoms with Gasteiger partial charge in [-0.3, -0.25) is 4.79 Å². The van der Waals surface area contributed by atoms with Crippen molar-refractivity contribution in [2.45, 2.75) is 12.0 Å². The van der Waals surface area contributed by atoms with Crippen molar-refractivity contribution < 1.29 is 19.1 Å². The van der Waals surface area contributed by atoms with Crippen LogP contribution in [0.2, 0.25) is 0 Å². The molecule has 0 bridgehead atoms. The molecule has 2 aromatic carbocycles. The summed E-state index contributed by atoms with van der Waals surface area (Å²) in [7, 11) is 1.77. The van der Waals surface area contributed by atoms with Crippen LogP contribution in [0.4, 0.5) is 10.1 Å². The minimum atomic E-state index is -1.35. The molecule has 27 heavy (non-hydrogen) atoms. The van der Waals surface area contributed by atoms with Gasteiger partial charge < -0.3 is 15.0 Å². The van der Waals surface area contributed by atoms with E-state index in [4.69, 9.17) is 0 Å². The van der Waals surface area contributed by atoms with Gasteiger partial charge in [0.05, 0.1) is 17.2 Å². The smallest absolute Gasteiger partial charge is 0.336 e. The van der Waals surface area contributed by atoms with E-state index < -0.39 is 29.5 Å². The van der Waals surface area contributed by atoms with Crippen molar-refractivity contribution in [1.82, 2.24) is 9.55 Å². The number of aromatic carboxylic acids is 1. The van der Waals surface area contributed by atoms with Crippen LogP contribution in [0.5, 0.6) is 0 Å². The number of anilines is 1. The molecule has 3 aromatic rings. The van der Waals surface area contributed by atoms with E-state index >= 15 is 0 Å². The first-order chi connectivity index (χ1) is 13.0. The average molecular weight is 365 g/mol. The minimum Gasteiger partial charge on any atom is -0.478 e. The molecule has 1 aliphatic heterocycles. The third-order valence-electron chi connectivity index (χ3n) is 4.80. The highest BCUT2D eigenvalue weighted by Gasteiger charge is 2.41. The lowest BCUT2D eigenvalue weighted by molar-refractivity contribution is 0.0690. The number of benzene rings is 2. The van der Waals surface area contributed by atoms with E-state index in [2.05, 4.69) is 10.3 Å². The first-order valence-electron chi connectivity index (χ1n) is 8.37.